The van der Waals surface area contributed by atoms with E-state index in [4.69, 9.17) is 14.2 Å². The summed E-state index contributed by atoms with van der Waals surface area (Å²) >= 11 is 0. The molecule has 0 bridgehead atoms. The van der Waals surface area contributed by atoms with Gasteiger partial charge in [0.25, 0.3) is 5.69 Å². The van der Waals surface area contributed by atoms with Gasteiger partial charge in [-0.15, -0.1) is 0 Å². The number of aromatic nitrogens is 2. The van der Waals surface area contributed by atoms with Gasteiger partial charge >= 0.3 is 5.97 Å². The molecule has 0 aliphatic carbocycles. The van der Waals surface area contributed by atoms with Crippen LogP contribution < -0.4 is 14.2 Å². The summed E-state index contributed by atoms with van der Waals surface area (Å²) in [5.74, 6) is -0.273. The van der Waals surface area contributed by atoms with E-state index in [9.17, 15) is 14.8 Å². The zero-order chi connectivity index (χ0) is 21.0. The van der Waals surface area contributed by atoms with Crippen molar-refractivity contribution in [2.75, 3.05) is 13.7 Å². The summed E-state index contributed by atoms with van der Waals surface area (Å²) < 4.78 is 16.4. The molecule has 0 radical (unpaired) electrons. The number of hydrogen-bond donors (Lipinski definition) is 0. The Labute approximate surface area is 167 Å². The second-order valence-corrected chi connectivity index (χ2v) is 6.12. The van der Waals surface area contributed by atoms with Crippen LogP contribution in [0.3, 0.4) is 0 Å². The first kappa shape index (κ1) is 20.1. The molecule has 1 aromatic heterocycles. The van der Waals surface area contributed by atoms with Gasteiger partial charge in [-0.2, -0.15) is 4.73 Å². The molecule has 3 aromatic rings. The number of hydrogen-bond acceptors (Lipinski definition) is 7. The number of rotatable bonds is 7. The third kappa shape index (κ3) is 4.11. The second-order valence-electron chi connectivity index (χ2n) is 6.12. The van der Waals surface area contributed by atoms with Gasteiger partial charge in [0.05, 0.1) is 19.8 Å². The molecular formula is C21H20N2O6. The first-order valence-electron chi connectivity index (χ1n) is 8.96. The maximum absolute atomic E-state index is 12.8. The fourth-order valence-electron chi connectivity index (χ4n) is 2.90. The molecule has 0 saturated carbocycles. The number of carbonyl (C=O) groups excluding carboxylic acids is 2. The van der Waals surface area contributed by atoms with Crippen LogP contribution in [-0.4, -0.2) is 30.5 Å². The van der Waals surface area contributed by atoms with Gasteiger partial charge in [0, 0.05) is 6.92 Å². The van der Waals surface area contributed by atoms with Crippen LogP contribution in [0.4, 0.5) is 0 Å². The monoisotopic (exact) mass is 396 g/mol. The average molecular weight is 396 g/mol. The molecule has 8 nitrogen and oxygen atoms in total. The van der Waals surface area contributed by atoms with Crippen LogP contribution in [0.2, 0.25) is 0 Å². The number of para-hydroxylation sites is 1. The summed E-state index contributed by atoms with van der Waals surface area (Å²) in [4.78, 5) is 28.9. The van der Waals surface area contributed by atoms with Crippen LogP contribution in [0.25, 0.3) is 11.0 Å². The van der Waals surface area contributed by atoms with Crippen molar-refractivity contribution in [2.45, 2.75) is 20.5 Å². The zero-order valence-corrected chi connectivity index (χ0v) is 16.3. The van der Waals surface area contributed by atoms with Crippen LogP contribution in [-0.2, 0) is 11.3 Å². The number of esters is 1. The van der Waals surface area contributed by atoms with Gasteiger partial charge in [0.15, 0.2) is 5.69 Å². The van der Waals surface area contributed by atoms with Gasteiger partial charge in [-0.3, -0.25) is 4.79 Å². The van der Waals surface area contributed by atoms with Crippen molar-refractivity contribution in [3.63, 3.8) is 0 Å². The van der Waals surface area contributed by atoms with E-state index in [1.54, 1.807) is 36.4 Å². The molecule has 3 rings (SSSR count). The highest BCUT2D eigenvalue weighted by Crippen LogP contribution is 2.21. The highest BCUT2D eigenvalue weighted by atomic mass is 16.5. The molecule has 2 aromatic carbocycles. The lowest BCUT2D eigenvalue weighted by Crippen LogP contribution is -2.37. The Hall–Kier alpha value is -3.68. The Kier molecular flexibility index (Phi) is 5.92. The lowest BCUT2D eigenvalue weighted by atomic mass is 10.2. The van der Waals surface area contributed by atoms with E-state index in [2.05, 4.69) is 4.98 Å². The zero-order valence-electron chi connectivity index (χ0n) is 16.3. The summed E-state index contributed by atoms with van der Waals surface area (Å²) in [6.45, 7) is 3.12. The van der Waals surface area contributed by atoms with E-state index in [1.165, 1.54) is 20.1 Å². The van der Waals surface area contributed by atoms with Gasteiger partial charge in [0.2, 0.25) is 11.3 Å². The van der Waals surface area contributed by atoms with Gasteiger partial charge < -0.3 is 19.4 Å². The molecule has 0 aliphatic rings. The number of ketones is 1. The van der Waals surface area contributed by atoms with Crippen LogP contribution in [0, 0.1) is 5.21 Å². The predicted octanol–water partition coefficient (Wildman–Crippen LogP) is 2.84. The van der Waals surface area contributed by atoms with Crippen molar-refractivity contribution in [2.24, 2.45) is 0 Å². The van der Waals surface area contributed by atoms with Crippen molar-refractivity contribution in [3.05, 3.63) is 64.6 Å². The van der Waals surface area contributed by atoms with E-state index in [1.807, 2.05) is 6.92 Å². The topological polar surface area (TPSA) is 102 Å². The molecule has 0 atom stereocenters. The van der Waals surface area contributed by atoms with E-state index in [-0.39, 0.29) is 29.1 Å². The highest BCUT2D eigenvalue weighted by Gasteiger charge is 2.25. The molecule has 0 N–H and O–H groups in total. The van der Waals surface area contributed by atoms with Crippen LogP contribution >= 0.6 is 0 Å². The quantitative estimate of drug-likeness (QED) is 0.262. The Morgan fingerprint density at radius 2 is 1.93 bits per heavy atom. The summed E-state index contributed by atoms with van der Waals surface area (Å²) in [6, 6.07) is 11.4. The Bertz CT molecular complexity index is 1080. The molecule has 0 spiro atoms. The molecule has 29 heavy (non-hydrogen) atoms. The Morgan fingerprint density at radius 3 is 2.62 bits per heavy atom. The normalized spacial score (nSPS) is 10.6. The molecule has 1 heterocycles. The summed E-state index contributed by atoms with van der Waals surface area (Å²) in [5, 5.41) is 12.8. The van der Waals surface area contributed by atoms with Crippen molar-refractivity contribution < 1.29 is 28.5 Å². The second kappa shape index (κ2) is 8.55. The maximum Gasteiger partial charge on any atom is 0.342 e. The maximum atomic E-state index is 12.8. The number of methoxy groups -OCH3 is 1. The standard InChI is InChI=1S/C21H20N2O6/c1-4-28-19-8-6-5-7-15(19)21(25)29-12-17-20(13(2)24)23(26)18-11-14(27-3)9-10-16(18)22-17/h5-11H,4,12H2,1-3H3. The Morgan fingerprint density at radius 1 is 1.17 bits per heavy atom. The largest absolute Gasteiger partial charge is 0.618 e. The van der Waals surface area contributed by atoms with Crippen LogP contribution in [0.15, 0.2) is 42.5 Å². The van der Waals surface area contributed by atoms with Crippen molar-refractivity contribution in [1.29, 1.82) is 0 Å². The number of carbonyl (C=O) groups is 2. The predicted molar refractivity (Wildman–Crippen MR) is 104 cm³/mol. The number of ether oxygens (including phenoxy) is 3. The molecule has 0 saturated heterocycles. The average Bonchev–Trinajstić information content (AvgIpc) is 2.72. The summed E-state index contributed by atoms with van der Waals surface area (Å²) in [6.07, 6.45) is 0. The van der Waals surface area contributed by atoms with Gasteiger partial charge in [-0.1, -0.05) is 12.1 Å². The lowest BCUT2D eigenvalue weighted by molar-refractivity contribution is -0.580. The fourth-order valence-corrected chi connectivity index (χ4v) is 2.90. The molecular weight excluding hydrogens is 376 g/mol. The molecule has 150 valence electrons. The molecule has 0 fully saturated rings. The van der Waals surface area contributed by atoms with E-state index in [0.717, 1.165) is 0 Å². The molecule has 0 aliphatic heterocycles. The van der Waals surface area contributed by atoms with E-state index < -0.39 is 11.8 Å². The van der Waals surface area contributed by atoms with Crippen molar-refractivity contribution >= 4 is 22.8 Å². The highest BCUT2D eigenvalue weighted by molar-refractivity contribution is 5.94. The fraction of sp³-hybridized carbons (Fsp3) is 0.238. The summed E-state index contributed by atoms with van der Waals surface area (Å²) in [7, 11) is 1.48. The first-order valence-corrected chi connectivity index (χ1v) is 8.96. The van der Waals surface area contributed by atoms with E-state index >= 15 is 0 Å². The third-order valence-electron chi connectivity index (χ3n) is 4.21. The number of nitrogens with zero attached hydrogens (tertiary/aromatic N) is 2. The van der Waals surface area contributed by atoms with Crippen LogP contribution in [0.5, 0.6) is 11.5 Å². The summed E-state index contributed by atoms with van der Waals surface area (Å²) in [5.41, 5.74) is 0.682. The van der Waals surface area contributed by atoms with Gasteiger partial charge in [0.1, 0.15) is 29.2 Å². The Balaban J connectivity index is 1.95. The molecule has 0 amide bonds. The number of fused-ring (bicyclic) bond motifs is 1. The number of benzene rings is 2. The van der Waals surface area contributed by atoms with Crippen LogP contribution in [0.1, 0.15) is 40.4 Å². The minimum Gasteiger partial charge on any atom is -0.618 e. The van der Waals surface area contributed by atoms with Crippen molar-refractivity contribution in [3.8, 4) is 11.5 Å². The van der Waals surface area contributed by atoms with Gasteiger partial charge in [-0.05, 0) is 31.2 Å². The molecule has 8 heteroatoms. The lowest BCUT2D eigenvalue weighted by Gasteiger charge is -2.12. The van der Waals surface area contributed by atoms with Crippen molar-refractivity contribution in [1.82, 2.24) is 4.98 Å². The smallest absolute Gasteiger partial charge is 0.342 e. The third-order valence-corrected chi connectivity index (χ3v) is 4.21. The first-order chi connectivity index (χ1) is 14.0. The minimum atomic E-state index is -0.641. The van der Waals surface area contributed by atoms with Gasteiger partial charge in [-0.25, -0.2) is 9.78 Å². The number of Topliss-reactive ketones (excluding diaryl/α,β-unsaturated/α-hetero) is 1. The minimum absolute atomic E-state index is 0.0763. The van der Waals surface area contributed by atoms with E-state index in [0.29, 0.717) is 28.4 Å². The SMILES string of the molecule is CCOc1ccccc1C(=O)OCc1nc2ccc(OC)cc2[n+]([O-])c1C(C)=O. The molecule has 0 unspecified atom stereocenters.